The highest BCUT2D eigenvalue weighted by atomic mass is 19.1. The lowest BCUT2D eigenvalue weighted by Crippen LogP contribution is -2.39. The van der Waals surface area contributed by atoms with Gasteiger partial charge in [-0.3, -0.25) is 4.79 Å². The van der Waals surface area contributed by atoms with Crippen molar-refractivity contribution < 1.29 is 18.1 Å². The number of hydrogen-bond donors (Lipinski definition) is 0. The van der Waals surface area contributed by atoms with Gasteiger partial charge in [0.05, 0.1) is 0 Å². The van der Waals surface area contributed by atoms with E-state index in [1.54, 1.807) is 23.1 Å². The molecule has 0 spiro atoms. The van der Waals surface area contributed by atoms with Crippen molar-refractivity contribution >= 4 is 5.91 Å². The average molecular weight is 385 g/mol. The monoisotopic (exact) mass is 385 g/mol. The molecule has 0 aliphatic carbocycles. The van der Waals surface area contributed by atoms with Crippen LogP contribution in [0, 0.1) is 11.6 Å². The average Bonchev–Trinajstić information content (AvgIpc) is 3.17. The van der Waals surface area contributed by atoms with E-state index in [0.717, 1.165) is 6.42 Å². The molecule has 3 aromatic rings. The first-order valence-corrected chi connectivity index (χ1v) is 9.13. The maximum Gasteiger partial charge on any atom is 0.254 e. The van der Waals surface area contributed by atoms with Crippen molar-refractivity contribution in [3.05, 3.63) is 71.6 Å². The summed E-state index contributed by atoms with van der Waals surface area (Å²) < 4.78 is 31.8. The molecule has 1 heterocycles. The van der Waals surface area contributed by atoms with E-state index < -0.39 is 5.82 Å². The summed E-state index contributed by atoms with van der Waals surface area (Å²) in [5.74, 6) is -0.295. The van der Waals surface area contributed by atoms with Crippen LogP contribution in [0.25, 0.3) is 11.4 Å². The van der Waals surface area contributed by atoms with E-state index in [1.165, 1.54) is 30.3 Å². The normalized spacial score (nSPS) is 12.0. The predicted molar refractivity (Wildman–Crippen MR) is 101 cm³/mol. The molecular weight excluding hydrogens is 364 g/mol. The van der Waals surface area contributed by atoms with Gasteiger partial charge in [-0.15, -0.1) is 0 Å². The third-order valence-electron chi connectivity index (χ3n) is 4.59. The van der Waals surface area contributed by atoms with E-state index in [4.69, 9.17) is 4.52 Å². The van der Waals surface area contributed by atoms with Gasteiger partial charge >= 0.3 is 0 Å². The molecule has 0 aliphatic rings. The summed E-state index contributed by atoms with van der Waals surface area (Å²) in [7, 11) is 0. The smallest absolute Gasteiger partial charge is 0.254 e. The van der Waals surface area contributed by atoms with Crippen LogP contribution < -0.4 is 0 Å². The number of hydrogen-bond acceptors (Lipinski definition) is 4. The van der Waals surface area contributed by atoms with Gasteiger partial charge in [-0.1, -0.05) is 18.1 Å². The van der Waals surface area contributed by atoms with Crippen LogP contribution in [0.2, 0.25) is 0 Å². The molecule has 1 unspecified atom stereocenters. The molecule has 1 amide bonds. The van der Waals surface area contributed by atoms with Gasteiger partial charge in [-0.05, 0) is 55.8 Å². The molecule has 2 aromatic carbocycles. The summed E-state index contributed by atoms with van der Waals surface area (Å²) in [6.45, 7) is 4.28. The summed E-state index contributed by atoms with van der Waals surface area (Å²) in [5.41, 5.74) is 0.948. The lowest BCUT2D eigenvalue weighted by molar-refractivity contribution is 0.0686. The maximum atomic E-state index is 13.5. The van der Waals surface area contributed by atoms with Crippen molar-refractivity contribution in [2.24, 2.45) is 0 Å². The number of halogens is 2. The second kappa shape index (κ2) is 8.73. The minimum atomic E-state index is -0.448. The Morgan fingerprint density at radius 2 is 1.89 bits per heavy atom. The molecule has 5 nitrogen and oxygen atoms in total. The number of carbonyl (C=O) groups is 1. The standard InChI is InChI=1S/C21H21F2N3O2/c1-3-14(2)26(21(27)16-5-4-6-18(23)13-16)12-11-19-24-20(25-28-19)15-7-9-17(22)10-8-15/h4-10,13-14H,3,11-12H2,1-2H3. The molecule has 0 aliphatic heterocycles. The van der Waals surface area contributed by atoms with E-state index in [0.29, 0.717) is 35.8 Å². The molecule has 146 valence electrons. The van der Waals surface area contributed by atoms with Crippen molar-refractivity contribution in [2.45, 2.75) is 32.7 Å². The van der Waals surface area contributed by atoms with Gasteiger partial charge in [0.15, 0.2) is 0 Å². The minimum absolute atomic E-state index is 0.0322. The highest BCUT2D eigenvalue weighted by molar-refractivity contribution is 5.94. The molecule has 0 fully saturated rings. The molecule has 0 saturated carbocycles. The predicted octanol–water partition coefficient (Wildman–Crippen LogP) is 4.50. The minimum Gasteiger partial charge on any atom is -0.339 e. The highest BCUT2D eigenvalue weighted by Crippen LogP contribution is 2.17. The Bertz CT molecular complexity index is 941. The number of amides is 1. The Labute approximate surface area is 162 Å². The first kappa shape index (κ1) is 19.7. The molecule has 0 saturated heterocycles. The fourth-order valence-electron chi connectivity index (χ4n) is 2.82. The zero-order valence-electron chi connectivity index (χ0n) is 15.7. The van der Waals surface area contributed by atoms with Crippen LogP contribution in [0.4, 0.5) is 8.78 Å². The van der Waals surface area contributed by atoms with Gasteiger partial charge in [0.1, 0.15) is 11.6 Å². The third-order valence-corrected chi connectivity index (χ3v) is 4.59. The van der Waals surface area contributed by atoms with Crippen LogP contribution in [0.3, 0.4) is 0 Å². The Hall–Kier alpha value is -3.09. The summed E-state index contributed by atoms with van der Waals surface area (Å²) in [5, 5.41) is 3.91. The third kappa shape index (κ3) is 4.60. The number of nitrogens with zero attached hydrogens (tertiary/aromatic N) is 3. The fraction of sp³-hybridized carbons (Fsp3) is 0.286. The summed E-state index contributed by atoms with van der Waals surface area (Å²) in [4.78, 5) is 18.8. The van der Waals surface area contributed by atoms with E-state index in [1.807, 2.05) is 13.8 Å². The van der Waals surface area contributed by atoms with Crippen LogP contribution in [0.5, 0.6) is 0 Å². The highest BCUT2D eigenvalue weighted by Gasteiger charge is 2.22. The van der Waals surface area contributed by atoms with Crippen LogP contribution in [0.1, 0.15) is 36.5 Å². The maximum absolute atomic E-state index is 13.5. The largest absolute Gasteiger partial charge is 0.339 e. The summed E-state index contributed by atoms with van der Waals surface area (Å²) >= 11 is 0. The van der Waals surface area contributed by atoms with Crippen molar-refractivity contribution in [2.75, 3.05) is 6.54 Å². The number of benzene rings is 2. The van der Waals surface area contributed by atoms with Crippen LogP contribution in [0.15, 0.2) is 53.1 Å². The van der Waals surface area contributed by atoms with Gasteiger partial charge in [-0.2, -0.15) is 4.98 Å². The molecule has 0 N–H and O–H groups in total. The Kier molecular flexibility index (Phi) is 6.13. The van der Waals surface area contributed by atoms with Crippen molar-refractivity contribution in [1.82, 2.24) is 15.0 Å². The Morgan fingerprint density at radius 3 is 2.57 bits per heavy atom. The van der Waals surface area contributed by atoms with Gasteiger partial charge in [0.2, 0.25) is 11.7 Å². The Balaban J connectivity index is 1.72. The summed E-state index contributed by atoms with van der Waals surface area (Å²) in [6.07, 6.45) is 1.12. The van der Waals surface area contributed by atoms with Gasteiger partial charge in [-0.25, -0.2) is 8.78 Å². The molecule has 0 radical (unpaired) electrons. The second-order valence-corrected chi connectivity index (χ2v) is 6.53. The van der Waals surface area contributed by atoms with Crippen LogP contribution in [-0.2, 0) is 6.42 Å². The van der Waals surface area contributed by atoms with E-state index in [-0.39, 0.29) is 17.8 Å². The fourth-order valence-corrected chi connectivity index (χ4v) is 2.82. The van der Waals surface area contributed by atoms with Gasteiger partial charge in [0.25, 0.3) is 5.91 Å². The quantitative estimate of drug-likeness (QED) is 0.601. The van der Waals surface area contributed by atoms with Gasteiger partial charge < -0.3 is 9.42 Å². The van der Waals surface area contributed by atoms with Gasteiger partial charge in [0, 0.05) is 30.1 Å². The second-order valence-electron chi connectivity index (χ2n) is 6.53. The molecule has 3 rings (SSSR count). The van der Waals surface area contributed by atoms with Crippen molar-refractivity contribution in [3.63, 3.8) is 0 Å². The lowest BCUT2D eigenvalue weighted by Gasteiger charge is -2.28. The van der Waals surface area contributed by atoms with Crippen molar-refractivity contribution in [3.8, 4) is 11.4 Å². The molecular formula is C21H21F2N3O2. The molecule has 28 heavy (non-hydrogen) atoms. The van der Waals surface area contributed by atoms with Crippen LogP contribution in [-0.4, -0.2) is 33.5 Å². The number of aromatic nitrogens is 2. The van der Waals surface area contributed by atoms with E-state index >= 15 is 0 Å². The zero-order valence-corrected chi connectivity index (χ0v) is 15.7. The summed E-state index contributed by atoms with van der Waals surface area (Å²) in [6, 6.07) is 11.4. The van der Waals surface area contributed by atoms with E-state index in [9.17, 15) is 13.6 Å². The van der Waals surface area contributed by atoms with E-state index in [2.05, 4.69) is 10.1 Å². The Morgan fingerprint density at radius 1 is 1.14 bits per heavy atom. The first-order valence-electron chi connectivity index (χ1n) is 9.13. The molecule has 7 heteroatoms. The van der Waals surface area contributed by atoms with Crippen LogP contribution >= 0.6 is 0 Å². The number of rotatable bonds is 7. The lowest BCUT2D eigenvalue weighted by atomic mass is 10.1. The molecule has 1 aromatic heterocycles. The molecule has 0 bridgehead atoms. The zero-order chi connectivity index (χ0) is 20.1. The first-order chi connectivity index (χ1) is 13.5. The SMILES string of the molecule is CCC(C)N(CCc1nc(-c2ccc(F)cc2)no1)C(=O)c1cccc(F)c1. The number of carbonyl (C=O) groups excluding carboxylic acids is 1. The van der Waals surface area contributed by atoms with Crippen molar-refractivity contribution in [1.29, 1.82) is 0 Å². The molecule has 1 atom stereocenters. The topological polar surface area (TPSA) is 59.2 Å².